The first-order chi connectivity index (χ1) is 14.2. The van der Waals surface area contributed by atoms with Gasteiger partial charge in [-0.2, -0.15) is 4.99 Å². The fourth-order valence-electron chi connectivity index (χ4n) is 2.86. The van der Waals surface area contributed by atoms with Crippen molar-refractivity contribution in [2.24, 2.45) is 9.98 Å². The summed E-state index contributed by atoms with van der Waals surface area (Å²) in [5, 5.41) is 13.3. The minimum absolute atomic E-state index is 0.0169. The van der Waals surface area contributed by atoms with Gasteiger partial charge in [0.2, 0.25) is 5.91 Å². The highest BCUT2D eigenvalue weighted by Crippen LogP contribution is 2.22. The Morgan fingerprint density at radius 1 is 1.27 bits per heavy atom. The summed E-state index contributed by atoms with van der Waals surface area (Å²) in [6, 6.07) is 6.87. The average Bonchev–Trinajstić information content (AvgIpc) is 3.20. The Balaban J connectivity index is 1.63. The maximum atomic E-state index is 12.3. The maximum Gasteiger partial charge on any atom is 0.313 e. The number of benzene rings is 1. The molecule has 3 rings (SSSR count). The topological polar surface area (TPSA) is 137 Å². The minimum Gasteiger partial charge on any atom is -0.459 e. The van der Waals surface area contributed by atoms with E-state index in [-0.39, 0.29) is 22.6 Å². The van der Waals surface area contributed by atoms with Crippen molar-refractivity contribution in [3.05, 3.63) is 53.0 Å². The molecule has 0 aliphatic carbocycles. The van der Waals surface area contributed by atoms with E-state index in [1.807, 2.05) is 32.9 Å². The van der Waals surface area contributed by atoms with Gasteiger partial charge in [0.05, 0.1) is 12.0 Å². The number of amides is 3. The van der Waals surface area contributed by atoms with Crippen molar-refractivity contribution in [1.82, 2.24) is 5.32 Å². The van der Waals surface area contributed by atoms with Crippen LogP contribution >= 0.6 is 11.8 Å². The van der Waals surface area contributed by atoms with Crippen LogP contribution in [0.3, 0.4) is 0 Å². The van der Waals surface area contributed by atoms with E-state index in [9.17, 15) is 14.4 Å². The predicted octanol–water partition coefficient (Wildman–Crippen LogP) is 2.62. The second kappa shape index (κ2) is 8.87. The third-order valence-corrected chi connectivity index (χ3v) is 4.97. The summed E-state index contributed by atoms with van der Waals surface area (Å²) in [5.41, 5.74) is 3.35. The van der Waals surface area contributed by atoms with Crippen molar-refractivity contribution in [1.29, 1.82) is 5.41 Å². The van der Waals surface area contributed by atoms with E-state index in [1.165, 1.54) is 18.4 Å². The summed E-state index contributed by atoms with van der Waals surface area (Å²) in [6.07, 6.45) is 1.30. The Bertz CT molecular complexity index is 1080. The molecule has 2 aromatic rings. The number of nitrogens with zero attached hydrogens (tertiary/aromatic N) is 2. The normalized spacial score (nSPS) is 15.0. The number of hydrogen-bond donors (Lipinski definition) is 3. The Labute approximate surface area is 176 Å². The zero-order valence-corrected chi connectivity index (χ0v) is 17.3. The highest BCUT2D eigenvalue weighted by atomic mass is 32.2. The van der Waals surface area contributed by atoms with E-state index in [0.29, 0.717) is 0 Å². The van der Waals surface area contributed by atoms with Gasteiger partial charge in [0.25, 0.3) is 5.91 Å². The smallest absolute Gasteiger partial charge is 0.313 e. The van der Waals surface area contributed by atoms with Crippen molar-refractivity contribution >= 4 is 51.9 Å². The van der Waals surface area contributed by atoms with Crippen molar-refractivity contribution in [2.45, 2.75) is 20.8 Å². The fraction of sp³-hybridized carbons (Fsp3) is 0.200. The Morgan fingerprint density at radius 2 is 1.97 bits per heavy atom. The molecule has 10 heteroatoms. The van der Waals surface area contributed by atoms with Gasteiger partial charge in [0, 0.05) is 5.69 Å². The van der Waals surface area contributed by atoms with E-state index in [0.717, 1.165) is 34.1 Å². The lowest BCUT2D eigenvalue weighted by Crippen LogP contribution is -2.43. The molecule has 1 aliphatic heterocycles. The van der Waals surface area contributed by atoms with Gasteiger partial charge >= 0.3 is 5.91 Å². The van der Waals surface area contributed by atoms with Crippen LogP contribution in [0.5, 0.6) is 0 Å². The molecule has 9 nitrogen and oxygen atoms in total. The molecule has 3 N–H and O–H groups in total. The first kappa shape index (κ1) is 21.2. The molecule has 0 saturated heterocycles. The maximum absolute atomic E-state index is 12.3. The molecule has 0 fully saturated rings. The zero-order chi connectivity index (χ0) is 21.8. The molecular weight excluding hydrogens is 406 g/mol. The summed E-state index contributed by atoms with van der Waals surface area (Å²) >= 11 is 0.973. The molecule has 0 atom stereocenters. The van der Waals surface area contributed by atoms with Crippen LogP contribution in [0.1, 0.15) is 27.2 Å². The van der Waals surface area contributed by atoms with Gasteiger partial charge < -0.3 is 9.73 Å². The van der Waals surface area contributed by atoms with Crippen molar-refractivity contribution in [3.63, 3.8) is 0 Å². The summed E-state index contributed by atoms with van der Waals surface area (Å²) in [7, 11) is 0. The lowest BCUT2D eigenvalue weighted by Gasteiger charge is -2.15. The Kier molecular flexibility index (Phi) is 6.26. The number of carbonyl (C=O) groups is 3. The van der Waals surface area contributed by atoms with Gasteiger partial charge in [-0.15, -0.1) is 0 Å². The number of aryl methyl sites for hydroxylation is 3. The molecule has 0 radical (unpaired) electrons. The van der Waals surface area contributed by atoms with Gasteiger partial charge in [0.1, 0.15) is 0 Å². The van der Waals surface area contributed by atoms with Crippen LogP contribution in [0.25, 0.3) is 0 Å². The molecule has 1 aromatic carbocycles. The molecular formula is C20H19N5O4S. The van der Waals surface area contributed by atoms with E-state index in [1.54, 1.807) is 0 Å². The Hall–Kier alpha value is -3.53. The van der Waals surface area contributed by atoms with Crippen LogP contribution in [0.2, 0.25) is 0 Å². The van der Waals surface area contributed by atoms with Gasteiger partial charge in [-0.05, 0) is 44.0 Å². The number of carbonyl (C=O) groups excluding carboxylic acids is 3. The molecule has 1 aliphatic rings. The van der Waals surface area contributed by atoms with Gasteiger partial charge in [-0.25, -0.2) is 4.99 Å². The lowest BCUT2D eigenvalue weighted by molar-refractivity contribution is -0.114. The number of nitrogens with one attached hydrogen (secondary N) is 3. The number of furan rings is 1. The lowest BCUT2D eigenvalue weighted by atomic mass is 10.1. The van der Waals surface area contributed by atoms with Crippen molar-refractivity contribution < 1.29 is 18.8 Å². The van der Waals surface area contributed by atoms with Crippen LogP contribution in [-0.2, 0) is 9.59 Å². The number of amidine groups is 2. The van der Waals surface area contributed by atoms with Crippen LogP contribution in [-0.4, -0.2) is 40.2 Å². The second-order valence-corrected chi connectivity index (χ2v) is 7.54. The van der Waals surface area contributed by atoms with Gasteiger partial charge in [-0.1, -0.05) is 29.5 Å². The molecule has 0 bridgehead atoms. The third-order valence-electron chi connectivity index (χ3n) is 4.10. The van der Waals surface area contributed by atoms with Gasteiger partial charge in [-0.3, -0.25) is 25.1 Å². The number of thioether (sulfide) groups is 1. The molecule has 1 aromatic heterocycles. The third kappa shape index (κ3) is 4.90. The van der Waals surface area contributed by atoms with E-state index in [2.05, 4.69) is 20.6 Å². The molecule has 2 heterocycles. The highest BCUT2D eigenvalue weighted by Gasteiger charge is 2.26. The van der Waals surface area contributed by atoms with E-state index < -0.39 is 23.4 Å². The van der Waals surface area contributed by atoms with E-state index in [4.69, 9.17) is 9.83 Å². The molecule has 154 valence electrons. The molecule has 0 saturated carbocycles. The standard InChI is InChI=1S/C20H19N5O4S/c1-10-7-11(2)15(12(3)8-10)22-14(26)9-30-20-24-17(21)16(19(28)25-20)23-18(27)13-5-4-6-29-13/h4-8H,9H2,1-3H3,(H,22,26)(H2,21,24,25,28). The minimum atomic E-state index is -0.788. The second-order valence-electron chi connectivity index (χ2n) is 6.57. The zero-order valence-electron chi connectivity index (χ0n) is 16.5. The number of hydrogen-bond acceptors (Lipinski definition) is 6. The van der Waals surface area contributed by atoms with Gasteiger partial charge in [0.15, 0.2) is 22.5 Å². The van der Waals surface area contributed by atoms with Crippen molar-refractivity contribution in [3.8, 4) is 0 Å². The first-order valence-corrected chi connectivity index (χ1v) is 9.89. The highest BCUT2D eigenvalue weighted by molar-refractivity contribution is 8.14. The molecule has 30 heavy (non-hydrogen) atoms. The number of anilines is 1. The first-order valence-electron chi connectivity index (χ1n) is 8.90. The van der Waals surface area contributed by atoms with Crippen molar-refractivity contribution in [2.75, 3.05) is 11.1 Å². The SMILES string of the molecule is Cc1cc(C)c(NC(=O)CSC2=NC(=N)C(=NC(=O)c3ccco3)C(=O)N2)c(C)c1. The largest absolute Gasteiger partial charge is 0.459 e. The molecule has 3 amide bonds. The average molecular weight is 425 g/mol. The summed E-state index contributed by atoms with van der Waals surface area (Å²) < 4.78 is 4.92. The summed E-state index contributed by atoms with van der Waals surface area (Å²) in [6.45, 7) is 5.82. The monoisotopic (exact) mass is 425 g/mol. The fourth-order valence-corrected chi connectivity index (χ4v) is 3.52. The molecule has 0 spiro atoms. The molecule has 0 unspecified atom stereocenters. The number of rotatable bonds is 4. The quantitative estimate of drug-likeness (QED) is 0.691. The summed E-state index contributed by atoms with van der Waals surface area (Å²) in [4.78, 5) is 44.0. The summed E-state index contributed by atoms with van der Waals surface area (Å²) in [5.74, 6) is -2.34. The number of aliphatic imine (C=N–C) groups is 2. The van der Waals surface area contributed by atoms with Crippen LogP contribution in [0.4, 0.5) is 5.69 Å². The van der Waals surface area contributed by atoms with Crippen LogP contribution < -0.4 is 10.6 Å². The van der Waals surface area contributed by atoms with Crippen LogP contribution in [0, 0.1) is 26.2 Å². The van der Waals surface area contributed by atoms with E-state index >= 15 is 0 Å². The van der Waals surface area contributed by atoms with Crippen LogP contribution in [0.15, 0.2) is 44.9 Å². The Morgan fingerprint density at radius 3 is 2.57 bits per heavy atom. The predicted molar refractivity (Wildman–Crippen MR) is 116 cm³/mol.